The number of anilines is 2. The normalized spacial score (nSPS) is 20.9. The van der Waals surface area contributed by atoms with Crippen LogP contribution in [0.1, 0.15) is 6.92 Å². The van der Waals surface area contributed by atoms with Crippen molar-refractivity contribution >= 4 is 23.5 Å². The molecule has 1 atom stereocenters. The van der Waals surface area contributed by atoms with Gasteiger partial charge in [-0.05, 0) is 0 Å². The van der Waals surface area contributed by atoms with Crippen molar-refractivity contribution in [3.05, 3.63) is 12.0 Å². The molecule has 16 heavy (non-hydrogen) atoms. The van der Waals surface area contributed by atoms with Gasteiger partial charge in [0.15, 0.2) is 11.6 Å². The van der Waals surface area contributed by atoms with Crippen LogP contribution in [0.5, 0.6) is 0 Å². The molecule has 0 bridgehead atoms. The molecular weight excluding hydrogens is 227 g/mol. The van der Waals surface area contributed by atoms with Crippen LogP contribution in [0, 0.1) is 5.82 Å². The van der Waals surface area contributed by atoms with Crippen molar-refractivity contribution in [3.8, 4) is 0 Å². The van der Waals surface area contributed by atoms with Gasteiger partial charge in [0, 0.05) is 31.1 Å². The fraction of sp³-hybridized carbons (Fsp3) is 0.600. The third-order valence-electron chi connectivity index (χ3n) is 2.49. The molecule has 1 aliphatic rings. The number of hydrogen-bond donors (Lipinski definition) is 1. The van der Waals surface area contributed by atoms with Crippen molar-refractivity contribution in [2.24, 2.45) is 0 Å². The summed E-state index contributed by atoms with van der Waals surface area (Å²) in [6.07, 6.45) is 1.22. The number of nitrogens with zero attached hydrogens (tertiary/aromatic N) is 3. The average molecular weight is 242 g/mol. The zero-order valence-electron chi connectivity index (χ0n) is 9.40. The van der Waals surface area contributed by atoms with Gasteiger partial charge in [-0.15, -0.1) is 0 Å². The van der Waals surface area contributed by atoms with E-state index in [1.807, 2.05) is 16.7 Å². The van der Waals surface area contributed by atoms with Crippen LogP contribution < -0.4 is 10.2 Å². The molecule has 0 aliphatic carbocycles. The van der Waals surface area contributed by atoms with Crippen LogP contribution in [-0.4, -0.2) is 41.1 Å². The van der Waals surface area contributed by atoms with E-state index in [1.165, 1.54) is 6.20 Å². The molecule has 6 heteroatoms. The minimum atomic E-state index is -0.349. The zero-order valence-corrected chi connectivity index (χ0v) is 10.2. The van der Waals surface area contributed by atoms with Crippen LogP contribution in [-0.2, 0) is 0 Å². The number of rotatable bonds is 2. The Morgan fingerprint density at radius 1 is 1.62 bits per heavy atom. The van der Waals surface area contributed by atoms with Gasteiger partial charge in [-0.3, -0.25) is 0 Å². The lowest BCUT2D eigenvalue weighted by Crippen LogP contribution is -2.37. The largest absolute Gasteiger partial charge is 0.357 e. The van der Waals surface area contributed by atoms with E-state index < -0.39 is 0 Å². The van der Waals surface area contributed by atoms with Crippen molar-refractivity contribution in [1.82, 2.24) is 9.97 Å². The first-order valence-corrected chi connectivity index (χ1v) is 6.32. The SMILES string of the molecule is CNc1ncc(F)c(N2CCSC(C)C2)n1. The van der Waals surface area contributed by atoms with Crippen LogP contribution in [0.25, 0.3) is 0 Å². The fourth-order valence-corrected chi connectivity index (χ4v) is 2.72. The summed E-state index contributed by atoms with van der Waals surface area (Å²) in [4.78, 5) is 10.00. The highest BCUT2D eigenvalue weighted by Gasteiger charge is 2.21. The second kappa shape index (κ2) is 4.86. The summed E-state index contributed by atoms with van der Waals surface area (Å²) < 4.78 is 13.6. The van der Waals surface area contributed by atoms with Crippen LogP contribution in [0.3, 0.4) is 0 Å². The van der Waals surface area contributed by atoms with Gasteiger partial charge in [0.05, 0.1) is 6.20 Å². The van der Waals surface area contributed by atoms with E-state index in [1.54, 1.807) is 7.05 Å². The summed E-state index contributed by atoms with van der Waals surface area (Å²) in [5.74, 6) is 1.53. The second-order valence-electron chi connectivity index (χ2n) is 3.74. The first-order valence-electron chi connectivity index (χ1n) is 5.27. The Bertz CT molecular complexity index is 374. The van der Waals surface area contributed by atoms with Crippen molar-refractivity contribution in [2.75, 3.05) is 36.1 Å². The lowest BCUT2D eigenvalue weighted by Gasteiger charge is -2.31. The van der Waals surface area contributed by atoms with E-state index in [4.69, 9.17) is 0 Å². The van der Waals surface area contributed by atoms with Crippen molar-refractivity contribution in [1.29, 1.82) is 0 Å². The number of nitrogens with one attached hydrogen (secondary N) is 1. The molecule has 1 aliphatic heterocycles. The van der Waals surface area contributed by atoms with Gasteiger partial charge >= 0.3 is 0 Å². The van der Waals surface area contributed by atoms with Crippen LogP contribution in [0.15, 0.2) is 6.20 Å². The van der Waals surface area contributed by atoms with Gasteiger partial charge in [-0.2, -0.15) is 16.7 Å². The zero-order chi connectivity index (χ0) is 11.5. The Morgan fingerprint density at radius 3 is 3.12 bits per heavy atom. The number of halogens is 1. The number of aromatic nitrogens is 2. The van der Waals surface area contributed by atoms with Crippen LogP contribution >= 0.6 is 11.8 Å². The average Bonchev–Trinajstić information content (AvgIpc) is 2.30. The standard InChI is InChI=1S/C10H15FN4S/c1-7-6-15(3-4-16-7)9-8(11)5-13-10(12-2)14-9/h5,7H,3-4,6H2,1-2H3,(H,12,13,14). The molecule has 1 aromatic rings. The molecule has 0 spiro atoms. The molecule has 1 aromatic heterocycles. The minimum Gasteiger partial charge on any atom is -0.357 e. The van der Waals surface area contributed by atoms with Gasteiger partial charge in [0.25, 0.3) is 0 Å². The summed E-state index contributed by atoms with van der Waals surface area (Å²) in [5.41, 5.74) is 0. The van der Waals surface area contributed by atoms with Gasteiger partial charge < -0.3 is 10.2 Å². The fourth-order valence-electron chi connectivity index (χ4n) is 1.71. The van der Waals surface area contributed by atoms with E-state index in [0.717, 1.165) is 18.8 Å². The maximum absolute atomic E-state index is 13.6. The minimum absolute atomic E-state index is 0.349. The Hall–Kier alpha value is -1.04. The smallest absolute Gasteiger partial charge is 0.224 e. The number of thioether (sulfide) groups is 1. The topological polar surface area (TPSA) is 41.1 Å². The van der Waals surface area contributed by atoms with Crippen LogP contribution in [0.2, 0.25) is 0 Å². The van der Waals surface area contributed by atoms with E-state index in [9.17, 15) is 4.39 Å². The highest BCUT2D eigenvalue weighted by molar-refractivity contribution is 8.00. The van der Waals surface area contributed by atoms with Crippen molar-refractivity contribution < 1.29 is 4.39 Å². The molecule has 2 heterocycles. The molecule has 4 nitrogen and oxygen atoms in total. The van der Waals surface area contributed by atoms with Gasteiger partial charge in [0.1, 0.15) is 0 Å². The maximum Gasteiger partial charge on any atom is 0.224 e. The molecule has 88 valence electrons. The van der Waals surface area contributed by atoms with Gasteiger partial charge in [-0.25, -0.2) is 9.37 Å². The predicted octanol–water partition coefficient (Wildman–Crippen LogP) is 1.60. The van der Waals surface area contributed by atoms with Gasteiger partial charge in [0.2, 0.25) is 5.95 Å². The highest BCUT2D eigenvalue weighted by Crippen LogP contribution is 2.24. The van der Waals surface area contributed by atoms with Crippen molar-refractivity contribution in [3.63, 3.8) is 0 Å². The first-order chi connectivity index (χ1) is 7.70. The summed E-state index contributed by atoms with van der Waals surface area (Å²) >= 11 is 1.91. The molecule has 1 fully saturated rings. The molecule has 0 radical (unpaired) electrons. The van der Waals surface area contributed by atoms with E-state index >= 15 is 0 Å². The van der Waals surface area contributed by atoms with E-state index in [2.05, 4.69) is 22.2 Å². The molecule has 1 saturated heterocycles. The molecule has 0 amide bonds. The summed E-state index contributed by atoms with van der Waals surface area (Å²) in [6.45, 7) is 3.82. The lowest BCUT2D eigenvalue weighted by atomic mass is 10.3. The molecule has 1 unspecified atom stereocenters. The summed E-state index contributed by atoms with van der Waals surface area (Å²) in [6, 6.07) is 0. The Kier molecular flexibility index (Phi) is 3.48. The predicted molar refractivity (Wildman–Crippen MR) is 65.7 cm³/mol. The highest BCUT2D eigenvalue weighted by atomic mass is 32.2. The molecule has 0 saturated carbocycles. The summed E-state index contributed by atoms with van der Waals surface area (Å²) in [5, 5.41) is 3.34. The molecule has 1 N–H and O–H groups in total. The Labute approximate surface area is 98.7 Å². The lowest BCUT2D eigenvalue weighted by molar-refractivity contribution is 0.601. The third kappa shape index (κ3) is 2.37. The first kappa shape index (κ1) is 11.4. The van der Waals surface area contributed by atoms with Gasteiger partial charge in [-0.1, -0.05) is 6.92 Å². The third-order valence-corrected chi connectivity index (χ3v) is 3.63. The van der Waals surface area contributed by atoms with Crippen molar-refractivity contribution in [2.45, 2.75) is 12.2 Å². The molecule has 0 aromatic carbocycles. The van der Waals surface area contributed by atoms with E-state index in [-0.39, 0.29) is 5.82 Å². The molecule has 2 rings (SSSR count). The van der Waals surface area contributed by atoms with E-state index in [0.29, 0.717) is 17.0 Å². The second-order valence-corrected chi connectivity index (χ2v) is 5.29. The van der Waals surface area contributed by atoms with Crippen LogP contribution in [0.4, 0.5) is 16.2 Å². The Morgan fingerprint density at radius 2 is 2.44 bits per heavy atom. The monoisotopic (exact) mass is 242 g/mol. The Balaban J connectivity index is 2.24. The number of hydrogen-bond acceptors (Lipinski definition) is 5. The maximum atomic E-state index is 13.6. The molecular formula is C10H15FN4S. The quantitative estimate of drug-likeness (QED) is 0.853. The summed E-state index contributed by atoms with van der Waals surface area (Å²) in [7, 11) is 1.73.